The maximum Gasteiger partial charge on any atom is 0.0641 e. The Morgan fingerprint density at radius 3 is 1.06 bits per heavy atom. The van der Waals surface area contributed by atoms with Gasteiger partial charge in [0.25, 0.3) is 0 Å². The first-order valence-corrected chi connectivity index (χ1v) is 29.5. The van der Waals surface area contributed by atoms with Crippen LogP contribution >= 0.6 is 0 Å². The summed E-state index contributed by atoms with van der Waals surface area (Å²) in [5, 5.41) is 9.94. The van der Waals surface area contributed by atoms with Gasteiger partial charge >= 0.3 is 0 Å². The van der Waals surface area contributed by atoms with Gasteiger partial charge in [-0.05, 0) is 136 Å². The molecule has 0 bridgehead atoms. The number of hydrogen-bond donors (Lipinski definition) is 0. The third-order valence-electron chi connectivity index (χ3n) is 17.9. The summed E-state index contributed by atoms with van der Waals surface area (Å²) in [6.45, 7) is 22.9. The summed E-state index contributed by atoms with van der Waals surface area (Å²) in [5.41, 5.74) is 24.0. The Kier molecular flexibility index (Phi) is 11.2. The van der Waals surface area contributed by atoms with Crippen molar-refractivity contribution < 1.29 is 0 Å². The molecule has 0 spiro atoms. The Morgan fingerprint density at radius 2 is 0.651 bits per heavy atom. The molecule has 15 rings (SSSR count). The minimum absolute atomic E-state index is 0.00880. The summed E-state index contributed by atoms with van der Waals surface area (Å²) < 4.78 is 5.14. The van der Waals surface area contributed by atoms with E-state index in [2.05, 4.69) is 318 Å². The second-order valence-electron chi connectivity index (χ2n) is 26.3. The zero-order valence-corrected chi connectivity index (χ0v) is 49.2. The Balaban J connectivity index is 1.00. The number of para-hydroxylation sites is 2. The van der Waals surface area contributed by atoms with Crippen LogP contribution in [0.3, 0.4) is 0 Å². The van der Waals surface area contributed by atoms with Gasteiger partial charge in [0.05, 0.1) is 55.8 Å². The van der Waals surface area contributed by atoms with Crippen LogP contribution in [-0.2, 0) is 16.2 Å². The zero-order chi connectivity index (χ0) is 56.8. The monoisotopic (exact) mass is 1070 g/mol. The van der Waals surface area contributed by atoms with Gasteiger partial charge in [0.1, 0.15) is 0 Å². The Bertz CT molecular complexity index is 5000. The fraction of sp³-hybridized carbons (Fsp3) is 0.165. The fourth-order valence-corrected chi connectivity index (χ4v) is 13.6. The molecule has 0 radical (unpaired) electrons. The molecular formula is C79H68N4. The van der Waals surface area contributed by atoms with Gasteiger partial charge in [0.15, 0.2) is 0 Å². The first-order valence-electron chi connectivity index (χ1n) is 29.5. The number of aryl methyl sites for hydroxylation is 1. The van der Waals surface area contributed by atoms with Crippen LogP contribution in [0.15, 0.2) is 231 Å². The van der Waals surface area contributed by atoms with Crippen molar-refractivity contribution in [1.29, 1.82) is 0 Å². The third kappa shape index (κ3) is 7.86. The minimum atomic E-state index is -0.0385. The van der Waals surface area contributed by atoms with E-state index in [1.807, 2.05) is 0 Å². The Hall–Kier alpha value is -9.38. The molecule has 4 nitrogen and oxygen atoms in total. The molecule has 83 heavy (non-hydrogen) atoms. The second kappa shape index (κ2) is 18.3. The maximum absolute atomic E-state index is 2.57. The van der Waals surface area contributed by atoms with E-state index in [1.54, 1.807) is 0 Å². The highest BCUT2D eigenvalue weighted by atomic mass is 15.2. The predicted octanol–water partition coefficient (Wildman–Crippen LogP) is 22.5. The summed E-state index contributed by atoms with van der Waals surface area (Å²) in [7, 11) is 0. The maximum atomic E-state index is 2.57. The average molecular weight is 1070 g/mol. The van der Waals surface area contributed by atoms with E-state index in [9.17, 15) is 0 Å². The van der Waals surface area contributed by atoms with E-state index in [0.717, 1.165) is 34.1 Å². The number of benzene rings is 11. The highest BCUT2D eigenvalue weighted by Crippen LogP contribution is 2.53. The molecule has 4 heterocycles. The zero-order valence-electron chi connectivity index (χ0n) is 49.2. The topological polar surface area (TPSA) is 15.3 Å². The molecule has 4 heteroatoms. The number of hydrogen-bond acceptors (Lipinski definition) is 2. The van der Waals surface area contributed by atoms with Crippen molar-refractivity contribution in [3.05, 3.63) is 253 Å². The number of fused-ring (bicyclic) bond motifs is 12. The van der Waals surface area contributed by atoms with Crippen molar-refractivity contribution in [2.75, 3.05) is 9.80 Å². The van der Waals surface area contributed by atoms with Gasteiger partial charge in [-0.3, -0.25) is 0 Å². The smallest absolute Gasteiger partial charge is 0.0641 e. The van der Waals surface area contributed by atoms with E-state index in [0.29, 0.717) is 0 Å². The second-order valence-corrected chi connectivity index (χ2v) is 26.3. The molecule has 0 fully saturated rings. The van der Waals surface area contributed by atoms with Gasteiger partial charge in [-0.1, -0.05) is 213 Å². The van der Waals surface area contributed by atoms with Crippen molar-refractivity contribution in [2.45, 2.75) is 85.5 Å². The minimum Gasteiger partial charge on any atom is -0.309 e. The molecule has 15 aromatic rings. The van der Waals surface area contributed by atoms with Crippen LogP contribution in [0.25, 0.3) is 98.4 Å². The average Bonchev–Trinajstić information content (AvgIpc) is 1.71. The molecule has 0 amide bonds. The molecule has 0 unspecified atom stereocenters. The van der Waals surface area contributed by atoms with Gasteiger partial charge in [-0.15, -0.1) is 0 Å². The predicted molar refractivity (Wildman–Crippen MR) is 357 cm³/mol. The lowest BCUT2D eigenvalue weighted by Gasteiger charge is -2.31. The number of rotatable bonds is 8. The molecule has 0 aliphatic heterocycles. The van der Waals surface area contributed by atoms with Crippen LogP contribution in [0.5, 0.6) is 0 Å². The Morgan fingerprint density at radius 1 is 0.289 bits per heavy atom. The van der Waals surface area contributed by atoms with Crippen LogP contribution in [-0.4, -0.2) is 8.80 Å². The standard InChI is InChI=1S/C79H68N4/c1-49-29-35-55(36-30-49)80(67-41-33-53(78(5,6)7)45-61(67)50-21-13-11-14-22-50)69-43-39-57-63-47-72-64(48-71(63)82-65-27-19-17-25-59(65)73(69)75(57)82)58-40-44-70(74-60-26-18-20-28-66(60)83(72)76(58)74)81(56-37-31-52(32-38-56)77(2,3)4)68-42-34-54(79(8,9)10)46-62(68)51-23-15-12-16-24-51/h11-48H,1-10H3. The van der Waals surface area contributed by atoms with Gasteiger partial charge in [-0.2, -0.15) is 0 Å². The normalized spacial score (nSPS) is 12.7. The van der Waals surface area contributed by atoms with Crippen molar-refractivity contribution in [1.82, 2.24) is 8.80 Å². The van der Waals surface area contributed by atoms with E-state index >= 15 is 0 Å². The quantitative estimate of drug-likeness (QED) is 0.151. The van der Waals surface area contributed by atoms with Crippen LogP contribution in [0.2, 0.25) is 0 Å². The third-order valence-corrected chi connectivity index (χ3v) is 17.9. The van der Waals surface area contributed by atoms with Crippen LogP contribution in [0.1, 0.15) is 84.6 Å². The van der Waals surface area contributed by atoms with Crippen molar-refractivity contribution in [2.24, 2.45) is 0 Å². The summed E-state index contributed by atoms with van der Waals surface area (Å²) in [4.78, 5) is 5.06. The van der Waals surface area contributed by atoms with Crippen LogP contribution in [0, 0.1) is 6.92 Å². The van der Waals surface area contributed by atoms with Gasteiger partial charge in [0, 0.05) is 65.6 Å². The molecule has 0 atom stereocenters. The van der Waals surface area contributed by atoms with Crippen molar-refractivity contribution >= 4 is 110 Å². The highest BCUT2D eigenvalue weighted by Gasteiger charge is 2.31. The highest BCUT2D eigenvalue weighted by molar-refractivity contribution is 6.32. The summed E-state index contributed by atoms with van der Waals surface area (Å²) in [6, 6.07) is 87.3. The van der Waals surface area contributed by atoms with E-state index in [-0.39, 0.29) is 16.2 Å². The molecule has 0 aliphatic rings. The van der Waals surface area contributed by atoms with Gasteiger partial charge < -0.3 is 18.6 Å². The SMILES string of the molecule is Cc1ccc(N(c2ccc(C(C)(C)C)cc2-c2ccccc2)c2ccc3c4cc5c(cc4n4c6ccccc6c2c34)c2ccc(N(c3ccc(C(C)(C)C)cc3)c3ccc(C(C)(C)C)cc3-c3ccccc3)c3c4ccccc4n5c23)cc1. The first-order chi connectivity index (χ1) is 40.0. The Labute approximate surface area is 486 Å². The lowest BCUT2D eigenvalue weighted by Crippen LogP contribution is -2.15. The van der Waals surface area contributed by atoms with Gasteiger partial charge in [-0.25, -0.2) is 0 Å². The lowest BCUT2D eigenvalue weighted by molar-refractivity contribution is 0.590. The summed E-state index contributed by atoms with van der Waals surface area (Å²) >= 11 is 0. The van der Waals surface area contributed by atoms with Crippen molar-refractivity contribution in [3.63, 3.8) is 0 Å². The molecule has 4 aromatic heterocycles. The molecule has 11 aromatic carbocycles. The number of aromatic nitrogens is 2. The van der Waals surface area contributed by atoms with E-state index in [4.69, 9.17) is 0 Å². The molecule has 0 N–H and O–H groups in total. The molecular weight excluding hydrogens is 1000 g/mol. The largest absolute Gasteiger partial charge is 0.309 e. The van der Waals surface area contributed by atoms with Gasteiger partial charge in [0.2, 0.25) is 0 Å². The van der Waals surface area contributed by atoms with Crippen LogP contribution < -0.4 is 9.80 Å². The van der Waals surface area contributed by atoms with E-state index in [1.165, 1.54) is 121 Å². The first kappa shape index (κ1) is 50.6. The molecule has 0 aliphatic carbocycles. The van der Waals surface area contributed by atoms with Crippen molar-refractivity contribution in [3.8, 4) is 22.3 Å². The van der Waals surface area contributed by atoms with E-state index < -0.39 is 0 Å². The fourth-order valence-electron chi connectivity index (χ4n) is 13.6. The number of nitrogens with zero attached hydrogens (tertiary/aromatic N) is 4. The molecule has 404 valence electrons. The summed E-state index contributed by atoms with van der Waals surface area (Å²) in [6.07, 6.45) is 0. The number of anilines is 6. The summed E-state index contributed by atoms with van der Waals surface area (Å²) in [5.74, 6) is 0. The van der Waals surface area contributed by atoms with Crippen LogP contribution in [0.4, 0.5) is 34.1 Å². The molecule has 0 saturated carbocycles. The molecule has 0 saturated heterocycles. The lowest BCUT2D eigenvalue weighted by atomic mass is 9.84.